The smallest absolute Gasteiger partial charge is 0.229 e. The molecule has 0 saturated carbocycles. The van der Waals surface area contributed by atoms with E-state index in [1.807, 2.05) is 51.4 Å². The number of amides is 1. The zero-order valence-corrected chi connectivity index (χ0v) is 11.5. The molecule has 1 rings (SSSR count). The molecular weight excluding hydrogens is 236 g/mol. The number of benzene rings is 1. The third-order valence-corrected chi connectivity index (χ3v) is 2.74. The second kappa shape index (κ2) is 8.09. The molecule has 0 saturated heterocycles. The van der Waals surface area contributed by atoms with Gasteiger partial charge in [0.2, 0.25) is 5.91 Å². The van der Waals surface area contributed by atoms with Crippen LogP contribution in [0.15, 0.2) is 30.3 Å². The molecule has 0 radical (unpaired) electrons. The van der Waals surface area contributed by atoms with Crippen LogP contribution < -0.4 is 5.32 Å². The standard InChI is InChI=1S/C13H20N2O.ClH/c1-11(12-7-5-4-6-8-12)13(16)15(3)10-9-14-2;/h4-8,11,14H,9-10H2,1-3H3;1H. The van der Waals surface area contributed by atoms with E-state index in [9.17, 15) is 4.79 Å². The first-order chi connectivity index (χ1) is 7.66. The highest BCUT2D eigenvalue weighted by Gasteiger charge is 2.18. The molecule has 1 atom stereocenters. The lowest BCUT2D eigenvalue weighted by Crippen LogP contribution is -2.35. The summed E-state index contributed by atoms with van der Waals surface area (Å²) in [6.07, 6.45) is 0. The van der Waals surface area contributed by atoms with Crippen LogP contribution in [-0.4, -0.2) is 38.0 Å². The minimum atomic E-state index is -0.0666. The van der Waals surface area contributed by atoms with Gasteiger partial charge in [0.05, 0.1) is 5.92 Å². The highest BCUT2D eigenvalue weighted by atomic mass is 35.5. The molecule has 1 aromatic carbocycles. The fraction of sp³-hybridized carbons (Fsp3) is 0.462. The maximum absolute atomic E-state index is 12.0. The number of likely N-dealkylation sites (N-methyl/N-ethyl adjacent to an activating group) is 2. The van der Waals surface area contributed by atoms with Crippen LogP contribution in [0, 0.1) is 0 Å². The van der Waals surface area contributed by atoms with E-state index in [1.165, 1.54) is 0 Å². The van der Waals surface area contributed by atoms with E-state index in [0.717, 1.165) is 18.7 Å². The molecule has 0 aliphatic rings. The van der Waals surface area contributed by atoms with Gasteiger partial charge in [-0.3, -0.25) is 4.79 Å². The quantitative estimate of drug-likeness (QED) is 0.873. The number of carbonyl (C=O) groups excluding carboxylic acids is 1. The average molecular weight is 257 g/mol. The predicted molar refractivity (Wildman–Crippen MR) is 73.7 cm³/mol. The van der Waals surface area contributed by atoms with E-state index in [1.54, 1.807) is 4.90 Å². The van der Waals surface area contributed by atoms with E-state index in [0.29, 0.717) is 0 Å². The first kappa shape index (κ1) is 15.9. The molecule has 1 N–H and O–H groups in total. The van der Waals surface area contributed by atoms with Crippen LogP contribution in [0.1, 0.15) is 18.4 Å². The van der Waals surface area contributed by atoms with Crippen molar-refractivity contribution in [2.75, 3.05) is 27.2 Å². The third kappa shape index (κ3) is 4.75. The Hall–Kier alpha value is -1.06. The van der Waals surface area contributed by atoms with Crippen LogP contribution in [0.4, 0.5) is 0 Å². The fourth-order valence-electron chi connectivity index (χ4n) is 1.60. The van der Waals surface area contributed by atoms with Gasteiger partial charge in [-0.15, -0.1) is 12.4 Å². The number of halogens is 1. The average Bonchev–Trinajstić information content (AvgIpc) is 2.35. The molecular formula is C13H21ClN2O. The third-order valence-electron chi connectivity index (χ3n) is 2.74. The molecule has 3 nitrogen and oxygen atoms in total. The number of hydrogen-bond donors (Lipinski definition) is 1. The molecule has 96 valence electrons. The number of hydrogen-bond acceptors (Lipinski definition) is 2. The highest BCUT2D eigenvalue weighted by molar-refractivity contribution is 5.85. The van der Waals surface area contributed by atoms with Crippen molar-refractivity contribution in [1.82, 2.24) is 10.2 Å². The Morgan fingerprint density at radius 3 is 2.47 bits per heavy atom. The molecule has 1 unspecified atom stereocenters. The number of carbonyl (C=O) groups is 1. The van der Waals surface area contributed by atoms with Gasteiger partial charge < -0.3 is 10.2 Å². The van der Waals surface area contributed by atoms with Gasteiger partial charge in [-0.2, -0.15) is 0 Å². The lowest BCUT2D eigenvalue weighted by molar-refractivity contribution is -0.131. The van der Waals surface area contributed by atoms with Crippen LogP contribution in [0.3, 0.4) is 0 Å². The summed E-state index contributed by atoms with van der Waals surface area (Å²) in [5.41, 5.74) is 1.07. The molecule has 0 bridgehead atoms. The van der Waals surface area contributed by atoms with Crippen molar-refractivity contribution in [3.8, 4) is 0 Å². The normalized spacial score (nSPS) is 11.5. The monoisotopic (exact) mass is 256 g/mol. The summed E-state index contributed by atoms with van der Waals surface area (Å²) in [5, 5.41) is 3.04. The number of nitrogens with one attached hydrogen (secondary N) is 1. The summed E-state index contributed by atoms with van der Waals surface area (Å²) < 4.78 is 0. The van der Waals surface area contributed by atoms with Gasteiger partial charge in [0, 0.05) is 20.1 Å². The molecule has 4 heteroatoms. The van der Waals surface area contributed by atoms with Crippen molar-refractivity contribution in [3.63, 3.8) is 0 Å². The zero-order chi connectivity index (χ0) is 12.0. The summed E-state index contributed by atoms with van der Waals surface area (Å²) >= 11 is 0. The molecule has 1 aromatic rings. The maximum atomic E-state index is 12.0. The molecule has 0 aromatic heterocycles. The SMILES string of the molecule is CNCCN(C)C(=O)C(C)c1ccccc1.Cl. The van der Waals surface area contributed by atoms with Crippen molar-refractivity contribution in [2.45, 2.75) is 12.8 Å². The van der Waals surface area contributed by atoms with E-state index in [2.05, 4.69) is 5.32 Å². The fourth-order valence-corrected chi connectivity index (χ4v) is 1.60. The van der Waals surface area contributed by atoms with E-state index >= 15 is 0 Å². The minimum Gasteiger partial charge on any atom is -0.344 e. The molecule has 0 spiro atoms. The van der Waals surface area contributed by atoms with Gasteiger partial charge in [0.25, 0.3) is 0 Å². The molecule has 0 fully saturated rings. The molecule has 0 heterocycles. The second-order valence-corrected chi connectivity index (χ2v) is 4.00. The summed E-state index contributed by atoms with van der Waals surface area (Å²) in [5.74, 6) is 0.101. The summed E-state index contributed by atoms with van der Waals surface area (Å²) in [6, 6.07) is 9.88. The molecule has 0 aliphatic heterocycles. The Kier molecular flexibility index (Phi) is 7.59. The van der Waals surface area contributed by atoms with Crippen LogP contribution in [-0.2, 0) is 4.79 Å². The van der Waals surface area contributed by atoms with Crippen LogP contribution in [0.25, 0.3) is 0 Å². The highest BCUT2D eigenvalue weighted by Crippen LogP contribution is 2.16. The van der Waals surface area contributed by atoms with Gasteiger partial charge in [-0.25, -0.2) is 0 Å². The van der Waals surface area contributed by atoms with Gasteiger partial charge >= 0.3 is 0 Å². The van der Waals surface area contributed by atoms with E-state index in [-0.39, 0.29) is 24.2 Å². The van der Waals surface area contributed by atoms with Gasteiger partial charge in [0.15, 0.2) is 0 Å². The van der Waals surface area contributed by atoms with Gasteiger partial charge in [0.1, 0.15) is 0 Å². The first-order valence-corrected chi connectivity index (χ1v) is 5.61. The lowest BCUT2D eigenvalue weighted by atomic mass is 10.00. The van der Waals surface area contributed by atoms with Crippen LogP contribution in [0.2, 0.25) is 0 Å². The molecule has 1 amide bonds. The lowest BCUT2D eigenvalue weighted by Gasteiger charge is -2.21. The van der Waals surface area contributed by atoms with Crippen molar-refractivity contribution in [3.05, 3.63) is 35.9 Å². The van der Waals surface area contributed by atoms with Gasteiger partial charge in [-0.05, 0) is 19.5 Å². The van der Waals surface area contributed by atoms with Gasteiger partial charge in [-0.1, -0.05) is 30.3 Å². The number of nitrogens with zero attached hydrogens (tertiary/aromatic N) is 1. The Labute approximate surface area is 110 Å². The Morgan fingerprint density at radius 2 is 1.94 bits per heavy atom. The largest absolute Gasteiger partial charge is 0.344 e. The summed E-state index contributed by atoms with van der Waals surface area (Å²) in [6.45, 7) is 3.52. The topological polar surface area (TPSA) is 32.3 Å². The van der Waals surface area contributed by atoms with E-state index in [4.69, 9.17) is 0 Å². The number of rotatable bonds is 5. The first-order valence-electron chi connectivity index (χ1n) is 5.61. The molecule has 0 aliphatic carbocycles. The summed E-state index contributed by atoms with van der Waals surface area (Å²) in [7, 11) is 3.73. The van der Waals surface area contributed by atoms with E-state index < -0.39 is 0 Å². The molecule has 17 heavy (non-hydrogen) atoms. The van der Waals surface area contributed by atoms with Crippen molar-refractivity contribution in [2.24, 2.45) is 0 Å². The second-order valence-electron chi connectivity index (χ2n) is 4.00. The van der Waals surface area contributed by atoms with Crippen molar-refractivity contribution in [1.29, 1.82) is 0 Å². The Bertz CT molecular complexity index is 329. The maximum Gasteiger partial charge on any atom is 0.229 e. The Morgan fingerprint density at radius 1 is 1.35 bits per heavy atom. The van der Waals surface area contributed by atoms with Crippen LogP contribution in [0.5, 0.6) is 0 Å². The minimum absolute atomic E-state index is 0. The predicted octanol–water partition coefficient (Wildman–Crippen LogP) is 1.89. The zero-order valence-electron chi connectivity index (χ0n) is 10.6. The van der Waals surface area contributed by atoms with Crippen LogP contribution >= 0.6 is 12.4 Å². The summed E-state index contributed by atoms with van der Waals surface area (Å²) in [4.78, 5) is 13.8. The van der Waals surface area contributed by atoms with Crippen molar-refractivity contribution >= 4 is 18.3 Å². The Balaban J connectivity index is 0.00000256. The van der Waals surface area contributed by atoms with Crippen molar-refractivity contribution < 1.29 is 4.79 Å².